The van der Waals surface area contributed by atoms with Crippen molar-refractivity contribution >= 4 is 34.1 Å². The van der Waals surface area contributed by atoms with Gasteiger partial charge >= 0.3 is 0 Å². The number of nitrogens with zero attached hydrogens (tertiary/aromatic N) is 3. The molecule has 29 heavy (non-hydrogen) atoms. The Morgan fingerprint density at radius 3 is 2.52 bits per heavy atom. The van der Waals surface area contributed by atoms with Gasteiger partial charge in [0.1, 0.15) is 5.75 Å². The van der Waals surface area contributed by atoms with Crippen LogP contribution in [0.2, 0.25) is 5.02 Å². The van der Waals surface area contributed by atoms with Crippen LogP contribution in [0.5, 0.6) is 5.75 Å². The standard InChI is InChI=1S/C22H17ClN4O2/c1-29-20-7-6-15(13-18(20)23)22(28)25-21-17-5-3-2-4-16(17)19(26-27-21)12-14-8-10-24-11-9-14/h2-11,13H,12H2,1H3,(H,25,27,28). The van der Waals surface area contributed by atoms with Crippen LogP contribution < -0.4 is 10.1 Å². The van der Waals surface area contributed by atoms with Gasteiger partial charge in [0.2, 0.25) is 0 Å². The zero-order chi connectivity index (χ0) is 20.2. The zero-order valence-electron chi connectivity index (χ0n) is 15.6. The second-order valence-corrected chi connectivity index (χ2v) is 6.78. The Balaban J connectivity index is 1.65. The number of anilines is 1. The first-order valence-corrected chi connectivity index (χ1v) is 9.31. The molecule has 0 saturated heterocycles. The largest absolute Gasteiger partial charge is 0.495 e. The van der Waals surface area contributed by atoms with Gasteiger partial charge in [0.15, 0.2) is 5.82 Å². The van der Waals surface area contributed by atoms with Gasteiger partial charge in [-0.1, -0.05) is 35.9 Å². The molecule has 4 aromatic rings. The number of aromatic nitrogens is 3. The van der Waals surface area contributed by atoms with Crippen LogP contribution in [0.3, 0.4) is 0 Å². The second kappa shape index (κ2) is 8.24. The van der Waals surface area contributed by atoms with Gasteiger partial charge in [-0.15, -0.1) is 5.10 Å². The number of benzene rings is 2. The monoisotopic (exact) mass is 404 g/mol. The first kappa shape index (κ1) is 18.8. The minimum Gasteiger partial charge on any atom is -0.495 e. The van der Waals surface area contributed by atoms with E-state index in [0.29, 0.717) is 28.6 Å². The summed E-state index contributed by atoms with van der Waals surface area (Å²) in [7, 11) is 1.52. The van der Waals surface area contributed by atoms with Gasteiger partial charge in [-0.05, 0) is 35.9 Å². The van der Waals surface area contributed by atoms with Crippen molar-refractivity contribution in [3.8, 4) is 5.75 Å². The van der Waals surface area contributed by atoms with Crippen molar-refractivity contribution in [3.05, 3.63) is 88.8 Å². The Kier molecular flexibility index (Phi) is 5.35. The minimum absolute atomic E-state index is 0.323. The molecular weight excluding hydrogens is 388 g/mol. The van der Waals surface area contributed by atoms with E-state index in [0.717, 1.165) is 22.0 Å². The van der Waals surface area contributed by atoms with Crippen LogP contribution in [0.25, 0.3) is 10.8 Å². The summed E-state index contributed by atoms with van der Waals surface area (Å²) in [5.74, 6) is 0.584. The van der Waals surface area contributed by atoms with Gasteiger partial charge in [-0.2, -0.15) is 5.10 Å². The van der Waals surface area contributed by atoms with Gasteiger partial charge in [0, 0.05) is 35.2 Å². The Hall–Kier alpha value is -3.51. The SMILES string of the molecule is COc1ccc(C(=O)Nc2nnc(Cc3ccncc3)c3ccccc23)cc1Cl. The van der Waals surface area contributed by atoms with Crippen LogP contribution in [-0.2, 0) is 6.42 Å². The zero-order valence-corrected chi connectivity index (χ0v) is 16.3. The van der Waals surface area contributed by atoms with Gasteiger partial charge < -0.3 is 10.1 Å². The van der Waals surface area contributed by atoms with Crippen molar-refractivity contribution < 1.29 is 9.53 Å². The molecule has 2 heterocycles. The van der Waals surface area contributed by atoms with E-state index in [-0.39, 0.29) is 5.91 Å². The predicted molar refractivity (Wildman–Crippen MR) is 113 cm³/mol. The highest BCUT2D eigenvalue weighted by molar-refractivity contribution is 6.32. The molecule has 7 heteroatoms. The Labute approximate surface area is 172 Å². The van der Waals surface area contributed by atoms with E-state index in [1.807, 2.05) is 36.4 Å². The van der Waals surface area contributed by atoms with Crippen LogP contribution in [0.4, 0.5) is 5.82 Å². The van der Waals surface area contributed by atoms with E-state index in [1.165, 1.54) is 7.11 Å². The maximum absolute atomic E-state index is 12.7. The molecule has 0 aliphatic heterocycles. The third kappa shape index (κ3) is 4.02. The molecule has 0 radical (unpaired) electrons. The van der Waals surface area contributed by atoms with Crippen LogP contribution in [0.1, 0.15) is 21.6 Å². The van der Waals surface area contributed by atoms with Crippen molar-refractivity contribution in [1.82, 2.24) is 15.2 Å². The van der Waals surface area contributed by atoms with E-state index < -0.39 is 0 Å². The van der Waals surface area contributed by atoms with Crippen molar-refractivity contribution in [2.45, 2.75) is 6.42 Å². The average Bonchev–Trinajstić information content (AvgIpc) is 2.76. The van der Waals surface area contributed by atoms with Crippen LogP contribution >= 0.6 is 11.6 Å². The molecule has 144 valence electrons. The third-order valence-electron chi connectivity index (χ3n) is 4.53. The molecule has 0 fully saturated rings. The van der Waals surface area contributed by atoms with Crippen molar-refractivity contribution in [3.63, 3.8) is 0 Å². The molecule has 6 nitrogen and oxygen atoms in total. The fourth-order valence-corrected chi connectivity index (χ4v) is 3.32. The van der Waals surface area contributed by atoms with E-state index in [4.69, 9.17) is 16.3 Å². The first-order valence-electron chi connectivity index (χ1n) is 8.94. The van der Waals surface area contributed by atoms with Gasteiger partial charge in [0.25, 0.3) is 5.91 Å². The van der Waals surface area contributed by atoms with Gasteiger partial charge in [-0.25, -0.2) is 0 Å². The smallest absolute Gasteiger partial charge is 0.256 e. The molecule has 2 aromatic carbocycles. The third-order valence-corrected chi connectivity index (χ3v) is 4.83. The number of methoxy groups -OCH3 is 1. The molecule has 4 rings (SSSR count). The molecule has 1 N–H and O–H groups in total. The molecule has 0 saturated carbocycles. The van der Waals surface area contributed by atoms with E-state index >= 15 is 0 Å². The number of amides is 1. The fourth-order valence-electron chi connectivity index (χ4n) is 3.06. The number of nitrogens with one attached hydrogen (secondary N) is 1. The Morgan fingerprint density at radius 2 is 1.79 bits per heavy atom. The summed E-state index contributed by atoms with van der Waals surface area (Å²) in [6, 6.07) is 16.5. The van der Waals surface area contributed by atoms with Crippen molar-refractivity contribution in [1.29, 1.82) is 0 Å². The molecule has 0 atom stereocenters. The summed E-state index contributed by atoms with van der Waals surface area (Å²) in [6.45, 7) is 0. The lowest BCUT2D eigenvalue weighted by Crippen LogP contribution is -2.14. The molecule has 1 amide bonds. The predicted octanol–water partition coefficient (Wildman–Crippen LogP) is 4.53. The van der Waals surface area contributed by atoms with E-state index in [9.17, 15) is 4.79 Å². The molecule has 2 aromatic heterocycles. The van der Waals surface area contributed by atoms with E-state index in [1.54, 1.807) is 30.6 Å². The Morgan fingerprint density at radius 1 is 1.03 bits per heavy atom. The summed E-state index contributed by atoms with van der Waals surface area (Å²) in [4.78, 5) is 16.7. The number of hydrogen-bond donors (Lipinski definition) is 1. The maximum atomic E-state index is 12.7. The number of fused-ring (bicyclic) bond motifs is 1. The number of rotatable bonds is 5. The normalized spacial score (nSPS) is 10.7. The molecular formula is C22H17ClN4O2. The minimum atomic E-state index is -0.323. The summed E-state index contributed by atoms with van der Waals surface area (Å²) < 4.78 is 5.13. The molecule has 0 bridgehead atoms. The average molecular weight is 405 g/mol. The lowest BCUT2D eigenvalue weighted by molar-refractivity contribution is 0.102. The number of halogens is 1. The number of ether oxygens (including phenoxy) is 1. The highest BCUT2D eigenvalue weighted by Crippen LogP contribution is 2.27. The second-order valence-electron chi connectivity index (χ2n) is 6.38. The summed E-state index contributed by atoms with van der Waals surface area (Å²) >= 11 is 6.13. The first-order chi connectivity index (χ1) is 14.2. The number of hydrogen-bond acceptors (Lipinski definition) is 5. The highest BCUT2D eigenvalue weighted by Gasteiger charge is 2.14. The Bertz CT molecular complexity index is 1180. The van der Waals surface area contributed by atoms with Crippen LogP contribution in [-0.4, -0.2) is 28.2 Å². The van der Waals surface area contributed by atoms with Crippen molar-refractivity contribution in [2.24, 2.45) is 0 Å². The quantitative estimate of drug-likeness (QED) is 0.528. The number of carbonyl (C=O) groups excluding carboxylic acids is 1. The van der Waals surface area contributed by atoms with Gasteiger partial charge in [-0.3, -0.25) is 9.78 Å². The molecule has 0 spiro atoms. The maximum Gasteiger partial charge on any atom is 0.256 e. The lowest BCUT2D eigenvalue weighted by Gasteiger charge is -2.11. The highest BCUT2D eigenvalue weighted by atomic mass is 35.5. The van der Waals surface area contributed by atoms with Crippen molar-refractivity contribution in [2.75, 3.05) is 12.4 Å². The van der Waals surface area contributed by atoms with Crippen LogP contribution in [0.15, 0.2) is 67.0 Å². The summed E-state index contributed by atoms with van der Waals surface area (Å²) in [5.41, 5.74) is 2.32. The summed E-state index contributed by atoms with van der Waals surface area (Å²) in [5, 5.41) is 13.6. The fraction of sp³-hybridized carbons (Fsp3) is 0.0909. The topological polar surface area (TPSA) is 77.0 Å². The molecule has 0 aliphatic carbocycles. The lowest BCUT2D eigenvalue weighted by atomic mass is 10.0. The summed E-state index contributed by atoms with van der Waals surface area (Å²) in [6.07, 6.45) is 4.12. The number of pyridine rings is 1. The van der Waals surface area contributed by atoms with E-state index in [2.05, 4.69) is 20.5 Å². The van der Waals surface area contributed by atoms with Gasteiger partial charge in [0.05, 0.1) is 17.8 Å². The molecule has 0 aliphatic rings. The molecule has 0 unspecified atom stereocenters. The number of carbonyl (C=O) groups is 1. The van der Waals surface area contributed by atoms with Crippen LogP contribution in [0, 0.1) is 0 Å².